The maximum Gasteiger partial charge on any atom is 0.345 e. The van der Waals surface area contributed by atoms with Crippen LogP contribution in [0.4, 0.5) is 5.69 Å². The minimum absolute atomic E-state index is 0.233. The number of carbonyl (C=O) groups excluding carboxylic acids is 2. The van der Waals surface area contributed by atoms with Crippen LogP contribution in [0.1, 0.15) is 29.2 Å². The largest absolute Gasteiger partial charge is 0.469 e. The summed E-state index contributed by atoms with van der Waals surface area (Å²) in [5, 5.41) is 4.01. The number of rotatable bonds is 6. The molecule has 0 saturated heterocycles. The SMILES string of the molecule is COC(=O)C[C@H]1Oc2ccccc2[C@@H](Nc2ccc(Cl)cc2)[C@@](C(=O)OC)(c2ccc(C)cc2)O1. The molecule has 0 aliphatic carbocycles. The fourth-order valence-electron chi connectivity index (χ4n) is 4.15. The van der Waals surface area contributed by atoms with Crippen molar-refractivity contribution in [1.82, 2.24) is 0 Å². The number of benzene rings is 3. The summed E-state index contributed by atoms with van der Waals surface area (Å²) in [5.74, 6) is -0.729. The molecule has 0 fully saturated rings. The normalized spacial score (nSPS) is 21.1. The van der Waals surface area contributed by atoms with Crippen LogP contribution in [-0.4, -0.2) is 32.4 Å². The zero-order valence-electron chi connectivity index (χ0n) is 19.6. The number of halogens is 1. The summed E-state index contributed by atoms with van der Waals surface area (Å²) in [7, 11) is 2.58. The molecule has 1 aliphatic rings. The number of methoxy groups -OCH3 is 2. The van der Waals surface area contributed by atoms with E-state index in [0.717, 1.165) is 5.56 Å². The highest BCUT2D eigenvalue weighted by atomic mass is 35.5. The molecule has 3 aromatic carbocycles. The molecule has 0 amide bonds. The van der Waals surface area contributed by atoms with Crippen LogP contribution in [-0.2, 0) is 29.4 Å². The first-order valence-corrected chi connectivity index (χ1v) is 11.4. The minimum Gasteiger partial charge on any atom is -0.469 e. The number of anilines is 1. The molecule has 3 aromatic rings. The summed E-state index contributed by atoms with van der Waals surface area (Å²) in [6.07, 6.45) is -1.36. The fourth-order valence-corrected chi connectivity index (χ4v) is 4.28. The third-order valence-electron chi connectivity index (χ3n) is 5.90. The highest BCUT2D eigenvalue weighted by Gasteiger charge is 2.55. The van der Waals surface area contributed by atoms with Crippen LogP contribution >= 0.6 is 11.6 Å². The predicted octanol–water partition coefficient (Wildman–Crippen LogP) is 5.17. The topological polar surface area (TPSA) is 83.1 Å². The van der Waals surface area contributed by atoms with Crippen LogP contribution < -0.4 is 10.1 Å². The lowest BCUT2D eigenvalue weighted by Gasteiger charge is -2.39. The summed E-state index contributed by atoms with van der Waals surface area (Å²) in [6.45, 7) is 1.95. The maximum atomic E-state index is 13.7. The number of para-hydroxylation sites is 1. The third kappa shape index (κ3) is 4.97. The first kappa shape index (κ1) is 24.6. The monoisotopic (exact) mass is 495 g/mol. The van der Waals surface area contributed by atoms with Gasteiger partial charge in [0.15, 0.2) is 0 Å². The maximum absolute atomic E-state index is 13.7. The van der Waals surface area contributed by atoms with Crippen LogP contribution in [0.2, 0.25) is 5.02 Å². The Labute approximate surface area is 208 Å². The van der Waals surface area contributed by atoms with Gasteiger partial charge in [0.2, 0.25) is 11.9 Å². The highest BCUT2D eigenvalue weighted by Crippen LogP contribution is 2.48. The standard InChI is InChI=1S/C27H26ClNO6/c1-17-8-10-18(11-9-17)27(26(31)33-3)25(29-20-14-12-19(28)13-15-20)21-6-4-5-7-22(21)34-24(35-27)16-23(30)32-2/h4-15,24-25,29H,16H2,1-3H3/t24-,25+,27+/m0/s1. The predicted molar refractivity (Wildman–Crippen MR) is 131 cm³/mol. The molecular weight excluding hydrogens is 470 g/mol. The first-order valence-electron chi connectivity index (χ1n) is 11.0. The van der Waals surface area contributed by atoms with Gasteiger partial charge in [0, 0.05) is 16.3 Å². The van der Waals surface area contributed by atoms with Crippen LogP contribution in [0.25, 0.3) is 0 Å². The lowest BCUT2D eigenvalue weighted by molar-refractivity contribution is -0.209. The van der Waals surface area contributed by atoms with Crippen molar-refractivity contribution in [1.29, 1.82) is 0 Å². The van der Waals surface area contributed by atoms with E-state index in [0.29, 0.717) is 27.6 Å². The number of nitrogens with one attached hydrogen (secondary N) is 1. The summed E-state index contributed by atoms with van der Waals surface area (Å²) in [4.78, 5) is 25.9. The molecule has 1 heterocycles. The van der Waals surface area contributed by atoms with Gasteiger partial charge in [-0.1, -0.05) is 59.6 Å². The van der Waals surface area contributed by atoms with E-state index in [1.54, 1.807) is 30.3 Å². The quantitative estimate of drug-likeness (QED) is 0.472. The average Bonchev–Trinajstić information content (AvgIpc) is 3.00. The van der Waals surface area contributed by atoms with Gasteiger partial charge in [-0.25, -0.2) is 4.79 Å². The minimum atomic E-state index is -1.71. The zero-order chi connectivity index (χ0) is 25.0. The molecule has 1 N–H and O–H groups in total. The van der Waals surface area contributed by atoms with Gasteiger partial charge in [-0.3, -0.25) is 4.79 Å². The fraction of sp³-hybridized carbons (Fsp3) is 0.259. The zero-order valence-corrected chi connectivity index (χ0v) is 20.4. The number of esters is 2. The van der Waals surface area contributed by atoms with Crippen molar-refractivity contribution in [2.24, 2.45) is 0 Å². The molecule has 0 radical (unpaired) electrons. The second-order valence-corrected chi connectivity index (χ2v) is 8.60. The van der Waals surface area contributed by atoms with E-state index in [4.69, 9.17) is 30.5 Å². The molecule has 3 atom stereocenters. The highest BCUT2D eigenvalue weighted by molar-refractivity contribution is 6.30. The number of carbonyl (C=O) groups is 2. The molecule has 7 nitrogen and oxygen atoms in total. The summed E-state index contributed by atoms with van der Waals surface area (Å²) in [6, 6.07) is 21.0. The molecule has 35 heavy (non-hydrogen) atoms. The van der Waals surface area contributed by atoms with Crippen molar-refractivity contribution in [3.05, 3.63) is 94.5 Å². The van der Waals surface area contributed by atoms with E-state index < -0.39 is 29.9 Å². The smallest absolute Gasteiger partial charge is 0.345 e. The Bertz CT molecular complexity index is 1200. The number of ether oxygens (including phenoxy) is 4. The second kappa shape index (κ2) is 10.4. The van der Waals surface area contributed by atoms with E-state index in [1.165, 1.54) is 14.2 Å². The number of fused-ring (bicyclic) bond motifs is 1. The molecular formula is C27H26ClNO6. The molecule has 0 aromatic heterocycles. The van der Waals surface area contributed by atoms with Gasteiger partial charge >= 0.3 is 11.9 Å². The Morgan fingerprint density at radius 2 is 1.66 bits per heavy atom. The molecule has 0 spiro atoms. The van der Waals surface area contributed by atoms with Crippen molar-refractivity contribution in [2.45, 2.75) is 31.3 Å². The van der Waals surface area contributed by atoms with Crippen LogP contribution in [0.3, 0.4) is 0 Å². The Morgan fingerprint density at radius 3 is 2.31 bits per heavy atom. The van der Waals surface area contributed by atoms with E-state index in [-0.39, 0.29) is 6.42 Å². The van der Waals surface area contributed by atoms with Gasteiger partial charge in [0.05, 0.1) is 20.3 Å². The van der Waals surface area contributed by atoms with Gasteiger partial charge < -0.3 is 24.3 Å². The van der Waals surface area contributed by atoms with Crippen LogP contribution in [0.5, 0.6) is 5.75 Å². The summed E-state index contributed by atoms with van der Waals surface area (Å²) in [5.41, 5.74) is 1.18. The van der Waals surface area contributed by atoms with Crippen molar-refractivity contribution >= 4 is 29.2 Å². The lowest BCUT2D eigenvalue weighted by Crippen LogP contribution is -2.49. The van der Waals surface area contributed by atoms with Crippen LogP contribution in [0.15, 0.2) is 72.8 Å². The first-order chi connectivity index (χ1) is 16.9. The Morgan fingerprint density at radius 1 is 0.971 bits per heavy atom. The van der Waals surface area contributed by atoms with Crippen molar-refractivity contribution in [3.63, 3.8) is 0 Å². The summed E-state index contributed by atoms with van der Waals surface area (Å²) < 4.78 is 22.7. The Kier molecular flexibility index (Phi) is 7.28. The molecule has 182 valence electrons. The molecule has 8 heteroatoms. The molecule has 0 saturated carbocycles. The molecule has 0 unspecified atom stereocenters. The third-order valence-corrected chi connectivity index (χ3v) is 6.15. The number of hydrogen-bond donors (Lipinski definition) is 1. The van der Waals surface area contributed by atoms with E-state index in [9.17, 15) is 9.59 Å². The van der Waals surface area contributed by atoms with Crippen LogP contribution in [0, 0.1) is 6.92 Å². The molecule has 0 bridgehead atoms. The Hall–Kier alpha value is -3.55. The lowest BCUT2D eigenvalue weighted by atomic mass is 9.81. The second-order valence-electron chi connectivity index (χ2n) is 8.16. The van der Waals surface area contributed by atoms with Gasteiger partial charge in [-0.15, -0.1) is 0 Å². The van der Waals surface area contributed by atoms with Gasteiger partial charge in [-0.05, 0) is 42.8 Å². The number of hydrogen-bond acceptors (Lipinski definition) is 7. The molecule has 4 rings (SSSR count). The number of aryl methyl sites for hydroxylation is 1. The van der Waals surface area contributed by atoms with E-state index >= 15 is 0 Å². The van der Waals surface area contributed by atoms with Crippen molar-refractivity contribution in [2.75, 3.05) is 19.5 Å². The molecule has 1 aliphatic heterocycles. The van der Waals surface area contributed by atoms with Gasteiger partial charge in [0.25, 0.3) is 0 Å². The summed E-state index contributed by atoms with van der Waals surface area (Å²) >= 11 is 6.09. The van der Waals surface area contributed by atoms with Crippen molar-refractivity contribution < 1.29 is 28.5 Å². The average molecular weight is 496 g/mol. The van der Waals surface area contributed by atoms with E-state index in [2.05, 4.69) is 5.32 Å². The Balaban J connectivity index is 1.96. The van der Waals surface area contributed by atoms with Gasteiger partial charge in [0.1, 0.15) is 12.2 Å². The van der Waals surface area contributed by atoms with E-state index in [1.807, 2.05) is 49.4 Å². The van der Waals surface area contributed by atoms with Gasteiger partial charge in [-0.2, -0.15) is 0 Å². The van der Waals surface area contributed by atoms with Crippen molar-refractivity contribution in [3.8, 4) is 5.75 Å².